The van der Waals surface area contributed by atoms with Crippen molar-refractivity contribution in [2.45, 2.75) is 13.8 Å². The summed E-state index contributed by atoms with van der Waals surface area (Å²) in [6, 6.07) is 6.07. The maximum atomic E-state index is 5.84. The lowest BCUT2D eigenvalue weighted by Crippen LogP contribution is -1.89. The zero-order chi connectivity index (χ0) is 10.1. The van der Waals surface area contributed by atoms with Crippen molar-refractivity contribution in [1.29, 1.82) is 0 Å². The lowest BCUT2D eigenvalue weighted by Gasteiger charge is -2.01. The van der Waals surface area contributed by atoms with Gasteiger partial charge in [-0.05, 0) is 25.5 Å². The van der Waals surface area contributed by atoms with Crippen molar-refractivity contribution in [1.82, 2.24) is 4.98 Å². The Morgan fingerprint density at radius 1 is 1.29 bits per heavy atom. The molecule has 0 radical (unpaired) electrons. The molecule has 1 aromatic carbocycles. The zero-order valence-electron chi connectivity index (χ0n) is 8.24. The number of thiazole rings is 1. The minimum Gasteiger partial charge on any atom is -0.398 e. The van der Waals surface area contributed by atoms with Gasteiger partial charge in [0.2, 0.25) is 0 Å². The number of hydrogen-bond donors (Lipinski definition) is 1. The predicted molar refractivity (Wildman–Crippen MR) is 61.4 cm³/mol. The quantitative estimate of drug-likeness (QED) is 0.725. The molecular weight excluding hydrogens is 192 g/mol. The summed E-state index contributed by atoms with van der Waals surface area (Å²) in [5.41, 5.74) is 9.95. The highest BCUT2D eigenvalue weighted by Gasteiger charge is 2.03. The topological polar surface area (TPSA) is 38.9 Å². The summed E-state index contributed by atoms with van der Waals surface area (Å²) in [6.07, 6.45) is 0. The van der Waals surface area contributed by atoms with E-state index in [0.29, 0.717) is 0 Å². The van der Waals surface area contributed by atoms with Crippen LogP contribution in [0.15, 0.2) is 23.6 Å². The molecule has 0 saturated carbocycles. The molecule has 2 rings (SSSR count). The van der Waals surface area contributed by atoms with Gasteiger partial charge >= 0.3 is 0 Å². The van der Waals surface area contributed by atoms with Crippen LogP contribution in [0.1, 0.15) is 11.3 Å². The maximum Gasteiger partial charge on any atom is 0.123 e. The molecule has 3 heteroatoms. The molecule has 0 amide bonds. The number of benzene rings is 1. The van der Waals surface area contributed by atoms with E-state index >= 15 is 0 Å². The molecule has 2 N–H and O–H groups in total. The fourth-order valence-corrected chi connectivity index (χ4v) is 2.05. The van der Waals surface area contributed by atoms with Crippen molar-refractivity contribution < 1.29 is 0 Å². The molecule has 2 aromatic rings. The molecule has 1 aromatic heterocycles. The van der Waals surface area contributed by atoms with Crippen LogP contribution in [0.25, 0.3) is 10.6 Å². The standard InChI is InChI=1S/C11H12N2S/c1-7-3-4-9(5-10(7)12)11-13-8(2)6-14-11/h3-6H,12H2,1-2H3. The first-order valence-corrected chi connectivity index (χ1v) is 5.33. The van der Waals surface area contributed by atoms with Crippen LogP contribution in [-0.4, -0.2) is 4.98 Å². The first kappa shape index (κ1) is 9.21. The monoisotopic (exact) mass is 204 g/mol. The van der Waals surface area contributed by atoms with Gasteiger partial charge in [0.1, 0.15) is 5.01 Å². The molecular formula is C11H12N2S. The Kier molecular flexibility index (Phi) is 2.25. The van der Waals surface area contributed by atoms with Crippen LogP contribution in [0.3, 0.4) is 0 Å². The maximum absolute atomic E-state index is 5.84. The highest BCUT2D eigenvalue weighted by atomic mass is 32.1. The normalized spacial score (nSPS) is 10.4. The van der Waals surface area contributed by atoms with Crippen LogP contribution in [-0.2, 0) is 0 Å². The van der Waals surface area contributed by atoms with Crippen LogP contribution in [0.4, 0.5) is 5.69 Å². The van der Waals surface area contributed by atoms with Crippen molar-refractivity contribution in [2.75, 3.05) is 5.73 Å². The van der Waals surface area contributed by atoms with Crippen molar-refractivity contribution >= 4 is 17.0 Å². The molecule has 0 bridgehead atoms. The van der Waals surface area contributed by atoms with Gasteiger partial charge in [0, 0.05) is 22.3 Å². The third-order valence-electron chi connectivity index (χ3n) is 2.15. The van der Waals surface area contributed by atoms with E-state index in [1.165, 1.54) is 0 Å². The molecule has 0 spiro atoms. The second-order valence-corrected chi connectivity index (χ2v) is 4.22. The summed E-state index contributed by atoms with van der Waals surface area (Å²) in [5, 5.41) is 3.08. The number of nitrogens with two attached hydrogens (primary N) is 1. The summed E-state index contributed by atoms with van der Waals surface area (Å²) in [4.78, 5) is 4.41. The second-order valence-electron chi connectivity index (χ2n) is 3.37. The molecule has 0 unspecified atom stereocenters. The van der Waals surface area contributed by atoms with Crippen molar-refractivity contribution in [2.24, 2.45) is 0 Å². The lowest BCUT2D eigenvalue weighted by molar-refractivity contribution is 1.27. The van der Waals surface area contributed by atoms with Gasteiger partial charge in [0.05, 0.1) is 0 Å². The van der Waals surface area contributed by atoms with Crippen LogP contribution >= 0.6 is 11.3 Å². The molecule has 0 aliphatic carbocycles. The van der Waals surface area contributed by atoms with E-state index in [4.69, 9.17) is 5.73 Å². The number of nitrogen functional groups attached to an aromatic ring is 1. The zero-order valence-corrected chi connectivity index (χ0v) is 9.06. The van der Waals surface area contributed by atoms with Crippen molar-refractivity contribution in [3.8, 4) is 10.6 Å². The summed E-state index contributed by atoms with van der Waals surface area (Å²) in [6.45, 7) is 4.00. The van der Waals surface area contributed by atoms with E-state index in [0.717, 1.165) is 27.5 Å². The molecule has 2 nitrogen and oxygen atoms in total. The largest absolute Gasteiger partial charge is 0.398 e. The van der Waals surface area contributed by atoms with Gasteiger partial charge in [-0.25, -0.2) is 4.98 Å². The summed E-state index contributed by atoms with van der Waals surface area (Å²) >= 11 is 1.65. The van der Waals surface area contributed by atoms with E-state index in [1.807, 2.05) is 31.4 Å². The molecule has 1 heterocycles. The summed E-state index contributed by atoms with van der Waals surface area (Å²) < 4.78 is 0. The average Bonchev–Trinajstić information content (AvgIpc) is 2.57. The van der Waals surface area contributed by atoms with Crippen LogP contribution in [0, 0.1) is 13.8 Å². The molecule has 0 saturated heterocycles. The first-order chi connectivity index (χ1) is 6.66. The summed E-state index contributed by atoms with van der Waals surface area (Å²) in [7, 11) is 0. The van der Waals surface area contributed by atoms with E-state index in [1.54, 1.807) is 11.3 Å². The van der Waals surface area contributed by atoms with Crippen LogP contribution in [0.5, 0.6) is 0 Å². The minimum atomic E-state index is 0.829. The molecule has 0 aliphatic heterocycles. The highest BCUT2D eigenvalue weighted by molar-refractivity contribution is 7.13. The van der Waals surface area contributed by atoms with Crippen LogP contribution < -0.4 is 5.73 Å². The van der Waals surface area contributed by atoms with E-state index in [9.17, 15) is 0 Å². The Morgan fingerprint density at radius 2 is 2.07 bits per heavy atom. The van der Waals surface area contributed by atoms with Gasteiger partial charge in [-0.3, -0.25) is 0 Å². The number of aromatic nitrogens is 1. The molecule has 0 fully saturated rings. The number of hydrogen-bond acceptors (Lipinski definition) is 3. The fourth-order valence-electron chi connectivity index (χ4n) is 1.26. The Labute approximate surface area is 87.4 Å². The minimum absolute atomic E-state index is 0.829. The van der Waals surface area contributed by atoms with Crippen molar-refractivity contribution in [3.05, 3.63) is 34.8 Å². The van der Waals surface area contributed by atoms with Gasteiger partial charge < -0.3 is 5.73 Å². The lowest BCUT2D eigenvalue weighted by atomic mass is 10.1. The van der Waals surface area contributed by atoms with E-state index < -0.39 is 0 Å². The van der Waals surface area contributed by atoms with E-state index in [-0.39, 0.29) is 0 Å². The molecule has 0 aliphatic rings. The Balaban J connectivity index is 2.47. The van der Waals surface area contributed by atoms with Crippen LogP contribution in [0.2, 0.25) is 0 Å². The average molecular weight is 204 g/mol. The SMILES string of the molecule is Cc1csc(-c2ccc(C)c(N)c2)n1. The second kappa shape index (κ2) is 3.42. The van der Waals surface area contributed by atoms with Gasteiger partial charge in [-0.2, -0.15) is 0 Å². The van der Waals surface area contributed by atoms with E-state index in [2.05, 4.69) is 11.1 Å². The molecule has 14 heavy (non-hydrogen) atoms. The van der Waals surface area contributed by atoms with Gasteiger partial charge in [-0.1, -0.05) is 12.1 Å². The van der Waals surface area contributed by atoms with Gasteiger partial charge in [0.25, 0.3) is 0 Å². The number of aryl methyl sites for hydroxylation is 2. The Bertz CT molecular complexity index is 460. The Morgan fingerprint density at radius 3 is 2.64 bits per heavy atom. The fraction of sp³-hybridized carbons (Fsp3) is 0.182. The Hall–Kier alpha value is -1.35. The van der Waals surface area contributed by atoms with Gasteiger partial charge in [-0.15, -0.1) is 11.3 Å². The van der Waals surface area contributed by atoms with Gasteiger partial charge in [0.15, 0.2) is 0 Å². The third-order valence-corrected chi connectivity index (χ3v) is 3.15. The smallest absolute Gasteiger partial charge is 0.123 e. The van der Waals surface area contributed by atoms with Crippen molar-refractivity contribution in [3.63, 3.8) is 0 Å². The first-order valence-electron chi connectivity index (χ1n) is 4.45. The highest BCUT2D eigenvalue weighted by Crippen LogP contribution is 2.26. The predicted octanol–water partition coefficient (Wildman–Crippen LogP) is 3.01. The number of rotatable bonds is 1. The number of anilines is 1. The molecule has 0 atom stereocenters. The summed E-state index contributed by atoms with van der Waals surface area (Å²) in [5.74, 6) is 0. The third kappa shape index (κ3) is 1.63. The molecule has 72 valence electrons. The number of nitrogens with zero attached hydrogens (tertiary/aromatic N) is 1.